The van der Waals surface area contributed by atoms with E-state index in [0.717, 1.165) is 24.9 Å². The van der Waals surface area contributed by atoms with Gasteiger partial charge in [-0.2, -0.15) is 5.10 Å². The standard InChI is InChI=1S/C16H16FN5O/c17-11-3-1-2-4-12(11)23-13-6-8-19-15-14(13)16(22-21-15)20-10-5-7-18-9-10/h1-4,6,8,10,18H,5,7,9H2,(H2,19,20,21,22). The lowest BCUT2D eigenvalue weighted by atomic mass is 10.2. The van der Waals surface area contributed by atoms with Crippen molar-refractivity contribution in [2.45, 2.75) is 12.5 Å². The smallest absolute Gasteiger partial charge is 0.165 e. The number of aromatic nitrogens is 3. The Kier molecular flexibility index (Phi) is 3.55. The van der Waals surface area contributed by atoms with Gasteiger partial charge in [0.1, 0.15) is 11.1 Å². The summed E-state index contributed by atoms with van der Waals surface area (Å²) in [5.41, 5.74) is 0.604. The highest BCUT2D eigenvalue weighted by atomic mass is 19.1. The van der Waals surface area contributed by atoms with Gasteiger partial charge in [0.05, 0.1) is 0 Å². The van der Waals surface area contributed by atoms with Crippen molar-refractivity contribution in [3.8, 4) is 11.5 Å². The summed E-state index contributed by atoms with van der Waals surface area (Å²) in [5, 5.41) is 14.6. The maximum atomic E-state index is 13.8. The first kappa shape index (κ1) is 14.0. The Labute approximate surface area is 132 Å². The summed E-state index contributed by atoms with van der Waals surface area (Å²) >= 11 is 0. The number of hydrogen-bond donors (Lipinski definition) is 3. The van der Waals surface area contributed by atoms with Gasteiger partial charge in [0.15, 0.2) is 23.0 Å². The van der Waals surface area contributed by atoms with Crippen molar-refractivity contribution in [3.05, 3.63) is 42.3 Å². The third-order valence-corrected chi connectivity index (χ3v) is 3.88. The number of hydrogen-bond acceptors (Lipinski definition) is 5. The Morgan fingerprint density at radius 1 is 1.22 bits per heavy atom. The van der Waals surface area contributed by atoms with Gasteiger partial charge in [0.2, 0.25) is 0 Å². The van der Waals surface area contributed by atoms with Gasteiger partial charge in [-0.25, -0.2) is 9.37 Å². The molecule has 1 fully saturated rings. The van der Waals surface area contributed by atoms with Crippen LogP contribution in [0.2, 0.25) is 0 Å². The summed E-state index contributed by atoms with van der Waals surface area (Å²) in [6.45, 7) is 1.87. The molecular formula is C16H16FN5O. The topological polar surface area (TPSA) is 74.9 Å². The number of nitrogens with zero attached hydrogens (tertiary/aromatic N) is 2. The maximum absolute atomic E-state index is 13.8. The molecule has 1 saturated heterocycles. The van der Waals surface area contributed by atoms with Gasteiger partial charge >= 0.3 is 0 Å². The predicted octanol–water partition coefficient (Wildman–Crippen LogP) is 2.66. The molecule has 4 rings (SSSR count). The summed E-state index contributed by atoms with van der Waals surface area (Å²) < 4.78 is 19.6. The van der Waals surface area contributed by atoms with Crippen LogP contribution in [0.25, 0.3) is 11.0 Å². The SMILES string of the molecule is Fc1ccccc1Oc1ccnc2[nH]nc(NC3CCNC3)c12. The Bertz CT molecular complexity index is 828. The summed E-state index contributed by atoms with van der Waals surface area (Å²) in [7, 11) is 0. The first-order chi connectivity index (χ1) is 11.3. The minimum absolute atomic E-state index is 0.176. The Hall–Kier alpha value is -2.67. The van der Waals surface area contributed by atoms with Crippen LogP contribution in [0.3, 0.4) is 0 Å². The number of H-pyrrole nitrogens is 1. The van der Waals surface area contributed by atoms with Gasteiger partial charge < -0.3 is 15.4 Å². The molecule has 0 saturated carbocycles. The number of rotatable bonds is 4. The summed E-state index contributed by atoms with van der Waals surface area (Å²) in [4.78, 5) is 4.25. The molecule has 0 radical (unpaired) electrons. The van der Waals surface area contributed by atoms with Crippen LogP contribution in [-0.4, -0.2) is 34.3 Å². The second-order valence-corrected chi connectivity index (χ2v) is 5.47. The zero-order valence-corrected chi connectivity index (χ0v) is 12.3. The fourth-order valence-corrected chi connectivity index (χ4v) is 2.73. The molecule has 3 aromatic rings. The third-order valence-electron chi connectivity index (χ3n) is 3.88. The lowest BCUT2D eigenvalue weighted by Gasteiger charge is -2.12. The molecule has 2 aromatic heterocycles. The molecule has 0 aliphatic carbocycles. The number of fused-ring (bicyclic) bond motifs is 1. The van der Waals surface area contributed by atoms with Gasteiger partial charge in [0, 0.05) is 24.8 Å². The Morgan fingerprint density at radius 3 is 2.96 bits per heavy atom. The van der Waals surface area contributed by atoms with E-state index in [2.05, 4.69) is 25.8 Å². The Morgan fingerprint density at radius 2 is 2.13 bits per heavy atom. The average Bonchev–Trinajstić information content (AvgIpc) is 3.21. The van der Waals surface area contributed by atoms with Crippen molar-refractivity contribution in [2.75, 3.05) is 18.4 Å². The molecule has 1 atom stereocenters. The highest BCUT2D eigenvalue weighted by Crippen LogP contribution is 2.34. The molecule has 118 valence electrons. The van der Waals surface area contributed by atoms with Gasteiger partial charge in [0.25, 0.3) is 0 Å². The number of nitrogens with one attached hydrogen (secondary N) is 3. The summed E-state index contributed by atoms with van der Waals surface area (Å²) in [5.74, 6) is 0.959. The molecule has 23 heavy (non-hydrogen) atoms. The molecule has 3 heterocycles. The van der Waals surface area contributed by atoms with E-state index in [4.69, 9.17) is 4.74 Å². The molecule has 3 N–H and O–H groups in total. The minimum Gasteiger partial charge on any atom is -0.453 e. The maximum Gasteiger partial charge on any atom is 0.165 e. The van der Waals surface area contributed by atoms with Crippen LogP contribution < -0.4 is 15.4 Å². The van der Waals surface area contributed by atoms with Crippen LogP contribution in [0.15, 0.2) is 36.5 Å². The molecule has 1 unspecified atom stereocenters. The van der Waals surface area contributed by atoms with E-state index in [1.54, 1.807) is 30.5 Å². The molecule has 0 amide bonds. The first-order valence-corrected chi connectivity index (χ1v) is 7.54. The second-order valence-electron chi connectivity index (χ2n) is 5.47. The van der Waals surface area contributed by atoms with Gasteiger partial charge in [-0.05, 0) is 25.1 Å². The van der Waals surface area contributed by atoms with Crippen LogP contribution in [-0.2, 0) is 0 Å². The first-order valence-electron chi connectivity index (χ1n) is 7.54. The highest BCUT2D eigenvalue weighted by molar-refractivity contribution is 5.93. The van der Waals surface area contributed by atoms with E-state index < -0.39 is 5.82 Å². The van der Waals surface area contributed by atoms with E-state index >= 15 is 0 Å². The van der Waals surface area contributed by atoms with E-state index in [0.29, 0.717) is 23.3 Å². The summed E-state index contributed by atoms with van der Waals surface area (Å²) in [6.07, 6.45) is 2.63. The van der Waals surface area contributed by atoms with Crippen LogP contribution >= 0.6 is 0 Å². The number of aromatic amines is 1. The highest BCUT2D eigenvalue weighted by Gasteiger charge is 2.19. The molecular weight excluding hydrogens is 297 g/mol. The predicted molar refractivity (Wildman–Crippen MR) is 85.3 cm³/mol. The third kappa shape index (κ3) is 2.70. The van der Waals surface area contributed by atoms with E-state index in [-0.39, 0.29) is 5.75 Å². The van der Waals surface area contributed by atoms with Crippen molar-refractivity contribution < 1.29 is 9.13 Å². The van der Waals surface area contributed by atoms with E-state index in [1.807, 2.05) is 0 Å². The molecule has 0 spiro atoms. The normalized spacial score (nSPS) is 17.5. The molecule has 0 bridgehead atoms. The lowest BCUT2D eigenvalue weighted by molar-refractivity contribution is 0.446. The van der Waals surface area contributed by atoms with Crippen molar-refractivity contribution in [2.24, 2.45) is 0 Å². The number of ether oxygens (including phenoxy) is 1. The second kappa shape index (κ2) is 5.85. The van der Waals surface area contributed by atoms with Crippen molar-refractivity contribution >= 4 is 16.9 Å². The van der Waals surface area contributed by atoms with Crippen molar-refractivity contribution in [3.63, 3.8) is 0 Å². The Balaban J connectivity index is 1.71. The molecule has 1 aliphatic heterocycles. The zero-order valence-electron chi connectivity index (χ0n) is 12.3. The van der Waals surface area contributed by atoms with Gasteiger partial charge in [-0.1, -0.05) is 12.1 Å². The fraction of sp³-hybridized carbons (Fsp3) is 0.250. The number of pyridine rings is 1. The van der Waals surface area contributed by atoms with Crippen LogP contribution in [0.1, 0.15) is 6.42 Å². The van der Waals surface area contributed by atoms with E-state index in [9.17, 15) is 4.39 Å². The van der Waals surface area contributed by atoms with Crippen LogP contribution in [0, 0.1) is 5.82 Å². The van der Waals surface area contributed by atoms with Gasteiger partial charge in [-0.3, -0.25) is 5.10 Å². The summed E-state index contributed by atoms with van der Waals surface area (Å²) in [6, 6.07) is 8.34. The van der Waals surface area contributed by atoms with Crippen LogP contribution in [0.4, 0.5) is 10.2 Å². The largest absolute Gasteiger partial charge is 0.453 e. The van der Waals surface area contributed by atoms with Crippen LogP contribution in [0.5, 0.6) is 11.5 Å². The van der Waals surface area contributed by atoms with Crippen molar-refractivity contribution in [1.29, 1.82) is 0 Å². The monoisotopic (exact) mass is 313 g/mol. The fourth-order valence-electron chi connectivity index (χ4n) is 2.73. The molecule has 7 heteroatoms. The minimum atomic E-state index is -0.407. The molecule has 6 nitrogen and oxygen atoms in total. The number of para-hydroxylation sites is 1. The van der Waals surface area contributed by atoms with Crippen molar-refractivity contribution in [1.82, 2.24) is 20.5 Å². The number of halogens is 1. The zero-order chi connectivity index (χ0) is 15.6. The molecule has 1 aliphatic rings. The average molecular weight is 313 g/mol. The number of benzene rings is 1. The van der Waals surface area contributed by atoms with Gasteiger partial charge in [-0.15, -0.1) is 0 Å². The van der Waals surface area contributed by atoms with E-state index in [1.165, 1.54) is 6.07 Å². The lowest BCUT2D eigenvalue weighted by Crippen LogP contribution is -2.22. The molecule has 1 aromatic carbocycles. The quantitative estimate of drug-likeness (QED) is 0.690. The number of anilines is 1.